The average Bonchev–Trinajstić information content (AvgIpc) is 3.77. The van der Waals surface area contributed by atoms with Crippen LogP contribution in [-0.4, -0.2) is 108 Å². The van der Waals surface area contributed by atoms with Crippen molar-refractivity contribution in [2.45, 2.75) is 208 Å². The Hall–Kier alpha value is -1.21. The Balaban J connectivity index is 0.986. The zero-order chi connectivity index (χ0) is 35.2. The van der Waals surface area contributed by atoms with Crippen LogP contribution < -0.4 is 0 Å². The van der Waals surface area contributed by atoms with Crippen molar-refractivity contribution < 1.29 is 47.8 Å². The molecule has 10 fully saturated rings. The Morgan fingerprint density at radius 1 is 0.745 bits per heavy atom. The molecule has 2 unspecified atom stereocenters. The van der Waals surface area contributed by atoms with Gasteiger partial charge in [0.15, 0.2) is 5.79 Å². The molecule has 19 atom stereocenters. The second kappa shape index (κ2) is 13.8. The first kappa shape index (κ1) is 35.5. The molecule has 1 N–H and O–H groups in total. The standard InChI is InChI=1S/C41H60O10/c1-6-24(42)17-32-23(5)29-16-25(43)15-27-8-10-31-36(46-27)40-39-38(48-31)37-35(49-39)19-41(50-37,51-40)12-11-28-14-21(3)30(44-28)9-7-26-13-20(2)22(4)33(45-26)18-34(29)47-32/h20,23-24,26-40,42H,3-4,6-19H2,1-2,5H3/t20-,23-,24-,26+,27?,28+,29-,30?,31+,32-,33-,34+,35-,36+,37+,38+,39-,40+,41+/m1/s1. The lowest BCUT2D eigenvalue weighted by molar-refractivity contribution is -0.292. The predicted molar refractivity (Wildman–Crippen MR) is 186 cm³/mol. The number of ether oxygens (including phenoxy) is 8. The van der Waals surface area contributed by atoms with Gasteiger partial charge in [0.2, 0.25) is 0 Å². The largest absolute Gasteiger partial charge is 0.393 e. The van der Waals surface area contributed by atoms with E-state index < -0.39 is 11.9 Å². The van der Waals surface area contributed by atoms with Crippen molar-refractivity contribution in [1.29, 1.82) is 0 Å². The number of aliphatic hydroxyl groups is 1. The maximum absolute atomic E-state index is 14.0. The minimum Gasteiger partial charge on any atom is -0.393 e. The van der Waals surface area contributed by atoms with Gasteiger partial charge in [-0.2, -0.15) is 0 Å². The molecule has 0 amide bonds. The molecule has 0 aromatic heterocycles. The number of Topliss-reactive ketones (excluding diaryl/α,β-unsaturated/α-hetero) is 1. The molecule has 10 nitrogen and oxygen atoms in total. The van der Waals surface area contributed by atoms with Crippen LogP contribution in [0.1, 0.15) is 111 Å². The van der Waals surface area contributed by atoms with Crippen molar-refractivity contribution in [3.8, 4) is 0 Å². The Kier molecular flexibility index (Phi) is 9.62. The number of hydrogen-bond donors (Lipinski definition) is 1. The molecule has 10 saturated heterocycles. The van der Waals surface area contributed by atoms with Crippen LogP contribution in [0.4, 0.5) is 0 Å². The number of hydrogen-bond acceptors (Lipinski definition) is 10. The Morgan fingerprint density at radius 2 is 1.49 bits per heavy atom. The first-order valence-corrected chi connectivity index (χ1v) is 20.4. The maximum atomic E-state index is 14.0. The Bertz CT molecular complexity index is 1350. The first-order valence-electron chi connectivity index (χ1n) is 20.4. The quantitative estimate of drug-likeness (QED) is 0.376. The molecular formula is C41H60O10. The molecule has 12 bridgehead atoms. The number of ketones is 1. The van der Waals surface area contributed by atoms with E-state index in [2.05, 4.69) is 27.0 Å². The molecule has 10 aliphatic heterocycles. The van der Waals surface area contributed by atoms with Gasteiger partial charge in [-0.25, -0.2) is 0 Å². The highest BCUT2D eigenvalue weighted by Gasteiger charge is 2.68. The fourth-order valence-electron chi connectivity index (χ4n) is 11.3. The molecule has 0 aliphatic carbocycles. The van der Waals surface area contributed by atoms with E-state index in [0.29, 0.717) is 44.4 Å². The summed E-state index contributed by atoms with van der Waals surface area (Å²) < 4.78 is 54.1. The molecular weight excluding hydrogens is 652 g/mol. The highest BCUT2D eigenvalue weighted by atomic mass is 16.8. The lowest BCUT2D eigenvalue weighted by Gasteiger charge is -2.47. The summed E-state index contributed by atoms with van der Waals surface area (Å²) in [7, 11) is 0. The topological polar surface area (TPSA) is 111 Å². The summed E-state index contributed by atoms with van der Waals surface area (Å²) in [4.78, 5) is 14.0. The molecule has 10 heteroatoms. The van der Waals surface area contributed by atoms with Crippen LogP contribution in [0, 0.1) is 17.8 Å². The SMILES string of the molecule is C=C1C[C@@H]2CC[C@@]34C[C@H]5O[C@H]6[C@@H](O3)[C@H]3OC(CC[C@@H]3O[C@H]6[C@H]5O4)CC(=O)C[C@@H]3[C@@H](C)[C@@H](C[C@H](O)CC)O[C@H]3C[C@H]3O[C@@H](CCC1O2)C[C@@H](C)C3=C. The molecule has 0 radical (unpaired) electrons. The van der Waals surface area contributed by atoms with E-state index in [1.807, 2.05) is 6.92 Å². The first-order chi connectivity index (χ1) is 24.6. The summed E-state index contributed by atoms with van der Waals surface area (Å²) in [5.74, 6) is -0.0766. The van der Waals surface area contributed by atoms with Gasteiger partial charge in [0.25, 0.3) is 0 Å². The van der Waals surface area contributed by atoms with Crippen LogP contribution in [0.2, 0.25) is 0 Å². The van der Waals surface area contributed by atoms with E-state index in [9.17, 15) is 9.90 Å². The summed E-state index contributed by atoms with van der Waals surface area (Å²) in [5.41, 5.74) is 2.28. The molecule has 10 rings (SSSR count). The fourth-order valence-corrected chi connectivity index (χ4v) is 11.3. The van der Waals surface area contributed by atoms with Gasteiger partial charge < -0.3 is 43.0 Å². The molecule has 0 aromatic rings. The van der Waals surface area contributed by atoms with Crippen molar-refractivity contribution in [3.63, 3.8) is 0 Å². The van der Waals surface area contributed by atoms with Crippen molar-refractivity contribution >= 4 is 5.78 Å². The number of rotatable bonds is 3. The molecule has 0 saturated carbocycles. The van der Waals surface area contributed by atoms with Crippen LogP contribution in [0.3, 0.4) is 0 Å². The van der Waals surface area contributed by atoms with E-state index in [-0.39, 0.29) is 103 Å². The minimum absolute atomic E-state index is 0.0115. The van der Waals surface area contributed by atoms with E-state index in [4.69, 9.17) is 37.9 Å². The van der Waals surface area contributed by atoms with Crippen molar-refractivity contribution in [3.05, 3.63) is 24.3 Å². The second-order valence-electron chi connectivity index (χ2n) is 17.8. The van der Waals surface area contributed by atoms with E-state index >= 15 is 0 Å². The van der Waals surface area contributed by atoms with E-state index in [0.717, 1.165) is 62.5 Å². The molecule has 284 valence electrons. The molecule has 0 aromatic carbocycles. The smallest absolute Gasteiger partial charge is 0.172 e. The lowest BCUT2D eigenvalue weighted by atomic mass is 9.78. The zero-order valence-corrected chi connectivity index (χ0v) is 30.8. The van der Waals surface area contributed by atoms with Crippen molar-refractivity contribution in [1.82, 2.24) is 0 Å². The highest BCUT2D eigenvalue weighted by Crippen LogP contribution is 2.54. The zero-order valence-electron chi connectivity index (χ0n) is 30.8. The second-order valence-corrected chi connectivity index (χ2v) is 17.8. The van der Waals surface area contributed by atoms with Gasteiger partial charge in [0, 0.05) is 32.1 Å². The summed E-state index contributed by atoms with van der Waals surface area (Å²) >= 11 is 0. The Morgan fingerprint density at radius 3 is 2.33 bits per heavy atom. The number of carbonyl (C=O) groups excluding carboxylic acids is 1. The molecule has 1 spiro atoms. The van der Waals surface area contributed by atoms with Gasteiger partial charge in [-0.3, -0.25) is 4.79 Å². The number of carbonyl (C=O) groups is 1. The van der Waals surface area contributed by atoms with Crippen molar-refractivity contribution in [2.75, 3.05) is 0 Å². The van der Waals surface area contributed by atoms with Crippen LogP contribution in [0.15, 0.2) is 24.3 Å². The van der Waals surface area contributed by atoms with Gasteiger partial charge in [-0.15, -0.1) is 0 Å². The average molecular weight is 713 g/mol. The summed E-state index contributed by atoms with van der Waals surface area (Å²) in [5, 5.41) is 10.6. The van der Waals surface area contributed by atoms with Gasteiger partial charge >= 0.3 is 0 Å². The minimum atomic E-state index is -0.757. The van der Waals surface area contributed by atoms with Crippen LogP contribution in [0.25, 0.3) is 0 Å². The summed E-state index contributed by atoms with van der Waals surface area (Å²) in [6, 6.07) is 0. The van der Waals surface area contributed by atoms with Gasteiger partial charge in [-0.1, -0.05) is 33.9 Å². The van der Waals surface area contributed by atoms with E-state index in [1.165, 1.54) is 0 Å². The van der Waals surface area contributed by atoms with Crippen molar-refractivity contribution in [2.24, 2.45) is 17.8 Å². The van der Waals surface area contributed by atoms with Gasteiger partial charge in [0.1, 0.15) is 36.3 Å². The number of fused-ring (bicyclic) bond motifs is 6. The maximum Gasteiger partial charge on any atom is 0.172 e. The third-order valence-electron chi connectivity index (χ3n) is 14.4. The summed E-state index contributed by atoms with van der Waals surface area (Å²) in [6.07, 6.45) is 7.89. The predicted octanol–water partition coefficient (Wildman–Crippen LogP) is 5.51. The van der Waals surface area contributed by atoms with Crippen LogP contribution in [0.5, 0.6) is 0 Å². The van der Waals surface area contributed by atoms with Crippen LogP contribution >= 0.6 is 0 Å². The number of aliphatic hydroxyl groups excluding tert-OH is 1. The molecule has 10 heterocycles. The summed E-state index contributed by atoms with van der Waals surface area (Å²) in [6.45, 7) is 15.4. The Labute approximate surface area is 303 Å². The molecule has 51 heavy (non-hydrogen) atoms. The van der Waals surface area contributed by atoms with Crippen LogP contribution in [-0.2, 0) is 42.7 Å². The highest BCUT2D eigenvalue weighted by molar-refractivity contribution is 5.79. The third-order valence-corrected chi connectivity index (χ3v) is 14.4. The van der Waals surface area contributed by atoms with E-state index in [1.54, 1.807) is 0 Å². The molecule has 10 aliphatic rings. The normalized spacial score (nSPS) is 53.2. The lowest BCUT2D eigenvalue weighted by Crippen LogP contribution is -2.61. The third kappa shape index (κ3) is 6.54. The monoisotopic (exact) mass is 712 g/mol. The van der Waals surface area contributed by atoms with Gasteiger partial charge in [-0.05, 0) is 86.7 Å². The fraction of sp³-hybridized carbons (Fsp3) is 0.878. The van der Waals surface area contributed by atoms with Gasteiger partial charge in [0.05, 0.1) is 61.0 Å².